The number of amides is 1. The summed E-state index contributed by atoms with van der Waals surface area (Å²) in [6.45, 7) is 9.50. The Labute approximate surface area is 157 Å². The molecule has 144 valence electrons. The first-order chi connectivity index (χ1) is 12.1. The first-order valence-corrected chi connectivity index (χ1v) is 9.09. The Morgan fingerprint density at radius 1 is 1.15 bits per heavy atom. The molecule has 5 nitrogen and oxygen atoms in total. The van der Waals surface area contributed by atoms with Crippen LogP contribution < -0.4 is 11.3 Å². The number of ether oxygens (including phenoxy) is 1. The lowest BCUT2D eigenvalue weighted by molar-refractivity contribution is -0.164. The molecule has 26 heavy (non-hydrogen) atoms. The van der Waals surface area contributed by atoms with Crippen molar-refractivity contribution in [3.63, 3.8) is 0 Å². The van der Waals surface area contributed by atoms with E-state index >= 15 is 0 Å². The molecule has 0 heterocycles. The van der Waals surface area contributed by atoms with Gasteiger partial charge in [-0.3, -0.25) is 15.0 Å². The van der Waals surface area contributed by atoms with Gasteiger partial charge in [-0.15, -0.1) is 0 Å². The fraction of sp³-hybridized carbons (Fsp3) is 0.524. The van der Waals surface area contributed by atoms with E-state index in [1.807, 2.05) is 77.1 Å². The van der Waals surface area contributed by atoms with Gasteiger partial charge < -0.3 is 4.74 Å². The van der Waals surface area contributed by atoms with E-state index in [4.69, 9.17) is 10.6 Å². The number of esters is 1. The third kappa shape index (κ3) is 7.83. The molecule has 0 aliphatic rings. The Hall–Kier alpha value is -2.14. The lowest BCUT2D eigenvalue weighted by atomic mass is 9.82. The molecule has 3 N–H and O–H groups in total. The number of carbonyl (C=O) groups excluding carboxylic acids is 2. The predicted molar refractivity (Wildman–Crippen MR) is 105 cm³/mol. The molecule has 1 aromatic carbocycles. The second-order valence-electron chi connectivity index (χ2n) is 7.93. The van der Waals surface area contributed by atoms with Crippen molar-refractivity contribution in [1.82, 2.24) is 5.43 Å². The minimum absolute atomic E-state index is 0.250. The van der Waals surface area contributed by atoms with E-state index in [2.05, 4.69) is 5.43 Å². The van der Waals surface area contributed by atoms with Crippen LogP contribution in [0.25, 0.3) is 6.08 Å². The Kier molecular flexibility index (Phi) is 8.52. The highest BCUT2D eigenvalue weighted by molar-refractivity contribution is 5.85. The molecule has 1 rings (SSSR count). The van der Waals surface area contributed by atoms with Crippen LogP contribution in [0, 0.1) is 17.8 Å². The minimum Gasteiger partial charge on any atom is -0.460 e. The molecule has 0 aliphatic carbocycles. The van der Waals surface area contributed by atoms with E-state index in [0.29, 0.717) is 12.8 Å². The third-order valence-electron chi connectivity index (χ3n) is 3.90. The highest BCUT2D eigenvalue weighted by atomic mass is 16.6. The lowest BCUT2D eigenvalue weighted by Gasteiger charge is -2.28. The molecule has 0 radical (unpaired) electrons. The third-order valence-corrected chi connectivity index (χ3v) is 3.90. The van der Waals surface area contributed by atoms with Crippen molar-refractivity contribution in [3.8, 4) is 0 Å². The molecule has 5 heteroatoms. The van der Waals surface area contributed by atoms with Crippen molar-refractivity contribution < 1.29 is 14.3 Å². The predicted octanol–water partition coefficient (Wildman–Crippen LogP) is 3.70. The normalized spacial score (nSPS) is 14.3. The van der Waals surface area contributed by atoms with Gasteiger partial charge in [-0.1, -0.05) is 56.3 Å². The average Bonchev–Trinajstić information content (AvgIpc) is 2.55. The SMILES string of the molecule is CC(C)C[C@H](C(=O)NN)[C@H](C/C=C/c1ccccc1)C(=O)OC(C)(C)C. The number of hydrazine groups is 1. The van der Waals surface area contributed by atoms with E-state index in [1.54, 1.807) is 0 Å². The van der Waals surface area contributed by atoms with Crippen molar-refractivity contribution in [1.29, 1.82) is 0 Å². The van der Waals surface area contributed by atoms with E-state index in [1.165, 1.54) is 0 Å². The molecule has 0 bridgehead atoms. The molecule has 2 atom stereocenters. The number of benzene rings is 1. The van der Waals surface area contributed by atoms with Gasteiger partial charge in [0, 0.05) is 0 Å². The monoisotopic (exact) mass is 360 g/mol. The summed E-state index contributed by atoms with van der Waals surface area (Å²) >= 11 is 0. The number of hydrogen-bond acceptors (Lipinski definition) is 4. The van der Waals surface area contributed by atoms with Crippen LogP contribution in [-0.4, -0.2) is 17.5 Å². The maximum atomic E-state index is 12.8. The van der Waals surface area contributed by atoms with Crippen molar-refractivity contribution in [2.24, 2.45) is 23.6 Å². The summed E-state index contributed by atoms with van der Waals surface area (Å²) in [4.78, 5) is 25.1. The summed E-state index contributed by atoms with van der Waals surface area (Å²) in [5.74, 6) is 3.80. The van der Waals surface area contributed by atoms with Crippen LogP contribution in [0.15, 0.2) is 36.4 Å². The smallest absolute Gasteiger partial charge is 0.310 e. The zero-order chi connectivity index (χ0) is 19.7. The summed E-state index contributed by atoms with van der Waals surface area (Å²) < 4.78 is 5.57. The van der Waals surface area contributed by atoms with Crippen molar-refractivity contribution >= 4 is 18.0 Å². The van der Waals surface area contributed by atoms with E-state index in [9.17, 15) is 9.59 Å². The Morgan fingerprint density at radius 3 is 2.27 bits per heavy atom. The first-order valence-electron chi connectivity index (χ1n) is 9.09. The van der Waals surface area contributed by atoms with Crippen LogP contribution in [0.1, 0.15) is 53.0 Å². The molecular formula is C21H32N2O3. The molecule has 0 saturated heterocycles. The van der Waals surface area contributed by atoms with Crippen molar-refractivity contribution in [2.75, 3.05) is 0 Å². The zero-order valence-corrected chi connectivity index (χ0v) is 16.5. The highest BCUT2D eigenvalue weighted by Gasteiger charge is 2.35. The lowest BCUT2D eigenvalue weighted by Crippen LogP contribution is -2.43. The topological polar surface area (TPSA) is 81.4 Å². The number of nitrogens with two attached hydrogens (primary N) is 1. The Balaban J connectivity index is 3.04. The van der Waals surface area contributed by atoms with Gasteiger partial charge in [0.15, 0.2) is 0 Å². The summed E-state index contributed by atoms with van der Waals surface area (Å²) in [6.07, 6.45) is 4.84. The van der Waals surface area contributed by atoms with Crippen LogP contribution in [0.5, 0.6) is 0 Å². The fourth-order valence-electron chi connectivity index (χ4n) is 2.79. The molecule has 0 unspecified atom stereocenters. The first kappa shape index (κ1) is 21.9. The molecule has 0 saturated carbocycles. The minimum atomic E-state index is -0.611. The van der Waals surface area contributed by atoms with Gasteiger partial charge in [0.05, 0.1) is 11.8 Å². The maximum absolute atomic E-state index is 12.8. The van der Waals surface area contributed by atoms with Gasteiger partial charge in [-0.25, -0.2) is 5.84 Å². The number of carbonyl (C=O) groups is 2. The quantitative estimate of drug-likeness (QED) is 0.320. The molecular weight excluding hydrogens is 328 g/mol. The summed E-state index contributed by atoms with van der Waals surface area (Å²) in [5, 5.41) is 0. The van der Waals surface area contributed by atoms with Gasteiger partial charge in [-0.05, 0) is 45.1 Å². The van der Waals surface area contributed by atoms with Crippen LogP contribution in [-0.2, 0) is 14.3 Å². The molecule has 0 aromatic heterocycles. The second kappa shape index (κ2) is 10.1. The standard InChI is InChI=1S/C21H32N2O3/c1-15(2)14-18(19(24)23-22)17(20(25)26-21(3,4)5)13-9-12-16-10-7-6-8-11-16/h6-12,15,17-18H,13-14,22H2,1-5H3,(H,23,24)/b12-9+/t17-,18-/m0/s1. The number of rotatable bonds is 8. The summed E-state index contributed by atoms with van der Waals surface area (Å²) in [7, 11) is 0. The van der Waals surface area contributed by atoms with Gasteiger partial charge in [-0.2, -0.15) is 0 Å². The van der Waals surface area contributed by atoms with E-state index < -0.39 is 17.4 Å². The maximum Gasteiger partial charge on any atom is 0.310 e. The fourth-order valence-corrected chi connectivity index (χ4v) is 2.79. The van der Waals surface area contributed by atoms with Crippen molar-refractivity contribution in [3.05, 3.63) is 42.0 Å². The van der Waals surface area contributed by atoms with Crippen LogP contribution in [0.3, 0.4) is 0 Å². The molecule has 1 amide bonds. The van der Waals surface area contributed by atoms with Gasteiger partial charge >= 0.3 is 5.97 Å². The zero-order valence-electron chi connectivity index (χ0n) is 16.5. The van der Waals surface area contributed by atoms with E-state index in [-0.39, 0.29) is 17.8 Å². The number of nitrogens with one attached hydrogen (secondary N) is 1. The van der Waals surface area contributed by atoms with Gasteiger partial charge in [0.1, 0.15) is 5.60 Å². The number of allylic oxidation sites excluding steroid dienone is 1. The van der Waals surface area contributed by atoms with Crippen LogP contribution >= 0.6 is 0 Å². The highest BCUT2D eigenvalue weighted by Crippen LogP contribution is 2.27. The van der Waals surface area contributed by atoms with Crippen molar-refractivity contribution in [2.45, 2.75) is 53.1 Å². The van der Waals surface area contributed by atoms with E-state index in [0.717, 1.165) is 5.56 Å². The number of hydrogen-bond donors (Lipinski definition) is 2. The van der Waals surface area contributed by atoms with Crippen LogP contribution in [0.4, 0.5) is 0 Å². The molecule has 0 fully saturated rings. The Morgan fingerprint density at radius 2 is 1.77 bits per heavy atom. The summed E-state index contributed by atoms with van der Waals surface area (Å²) in [5.41, 5.74) is 2.64. The molecule has 1 aromatic rings. The van der Waals surface area contributed by atoms with Gasteiger partial charge in [0.25, 0.3) is 0 Å². The average molecular weight is 360 g/mol. The second-order valence-corrected chi connectivity index (χ2v) is 7.93. The molecule has 0 aliphatic heterocycles. The Bertz CT molecular complexity index is 603. The van der Waals surface area contributed by atoms with Gasteiger partial charge in [0.2, 0.25) is 5.91 Å². The van der Waals surface area contributed by atoms with Crippen LogP contribution in [0.2, 0.25) is 0 Å². The largest absolute Gasteiger partial charge is 0.460 e. The molecule has 0 spiro atoms. The summed E-state index contributed by atoms with van der Waals surface area (Å²) in [6, 6.07) is 9.82.